The molecule has 0 aliphatic heterocycles. The van der Waals surface area contributed by atoms with Crippen LogP contribution < -0.4 is 10.5 Å². The summed E-state index contributed by atoms with van der Waals surface area (Å²) in [6.07, 6.45) is 2.63. The van der Waals surface area contributed by atoms with Crippen molar-refractivity contribution in [2.45, 2.75) is 31.8 Å². The number of benzene rings is 1. The fourth-order valence-electron chi connectivity index (χ4n) is 2.43. The first-order valence-electron chi connectivity index (χ1n) is 6.82. The van der Waals surface area contributed by atoms with Gasteiger partial charge in [0.1, 0.15) is 0 Å². The van der Waals surface area contributed by atoms with Crippen molar-refractivity contribution in [3.05, 3.63) is 29.6 Å². The number of nitrogens with zero attached hydrogens (tertiary/aromatic N) is 1. The Morgan fingerprint density at radius 2 is 2.16 bits per heavy atom. The van der Waals surface area contributed by atoms with E-state index >= 15 is 0 Å². The quantitative estimate of drug-likeness (QED) is 0.860. The predicted molar refractivity (Wildman–Crippen MR) is 74.7 cm³/mol. The third-order valence-electron chi connectivity index (χ3n) is 4.09. The summed E-state index contributed by atoms with van der Waals surface area (Å²) in [7, 11) is 3.55. The molecule has 3 nitrogen and oxygen atoms in total. The number of halogens is 1. The molecule has 1 saturated carbocycles. The van der Waals surface area contributed by atoms with E-state index in [4.69, 9.17) is 10.5 Å². The van der Waals surface area contributed by atoms with Crippen molar-refractivity contribution in [3.63, 3.8) is 0 Å². The highest BCUT2D eigenvalue weighted by molar-refractivity contribution is 5.31. The van der Waals surface area contributed by atoms with Gasteiger partial charge in [-0.15, -0.1) is 0 Å². The Morgan fingerprint density at radius 1 is 1.47 bits per heavy atom. The smallest absolute Gasteiger partial charge is 0.165 e. The van der Waals surface area contributed by atoms with Crippen LogP contribution in [-0.4, -0.2) is 31.6 Å². The number of rotatable bonds is 6. The van der Waals surface area contributed by atoms with Crippen LogP contribution in [0.3, 0.4) is 0 Å². The van der Waals surface area contributed by atoms with Crippen LogP contribution in [-0.2, 0) is 0 Å². The van der Waals surface area contributed by atoms with Crippen LogP contribution in [0.15, 0.2) is 18.2 Å². The molecule has 1 aliphatic carbocycles. The van der Waals surface area contributed by atoms with Crippen molar-refractivity contribution in [2.75, 3.05) is 20.7 Å². The zero-order valence-corrected chi connectivity index (χ0v) is 11.9. The third kappa shape index (κ3) is 3.45. The van der Waals surface area contributed by atoms with Crippen LogP contribution in [0.5, 0.6) is 5.75 Å². The SMILES string of the molecule is COc1ccc(C(N)CN(C)C(C)C2CC2)cc1F. The number of nitrogens with two attached hydrogens (primary N) is 1. The van der Waals surface area contributed by atoms with E-state index in [0.717, 1.165) is 18.0 Å². The van der Waals surface area contributed by atoms with Gasteiger partial charge in [0.2, 0.25) is 0 Å². The molecule has 0 heterocycles. The normalized spacial score (nSPS) is 18.4. The maximum absolute atomic E-state index is 13.7. The van der Waals surface area contributed by atoms with Gasteiger partial charge < -0.3 is 15.4 Å². The lowest BCUT2D eigenvalue weighted by atomic mass is 10.1. The lowest BCUT2D eigenvalue weighted by molar-refractivity contribution is 0.221. The van der Waals surface area contributed by atoms with Crippen molar-refractivity contribution < 1.29 is 9.13 Å². The number of ether oxygens (including phenoxy) is 1. The summed E-state index contributed by atoms with van der Waals surface area (Å²) in [5.41, 5.74) is 6.98. The molecule has 0 bridgehead atoms. The maximum Gasteiger partial charge on any atom is 0.165 e. The number of hydrogen-bond acceptors (Lipinski definition) is 3. The highest BCUT2D eigenvalue weighted by Crippen LogP contribution is 2.35. The molecule has 2 N–H and O–H groups in total. The van der Waals surface area contributed by atoms with Crippen LogP contribution in [0.4, 0.5) is 4.39 Å². The summed E-state index contributed by atoms with van der Waals surface area (Å²) in [4.78, 5) is 2.27. The largest absolute Gasteiger partial charge is 0.494 e. The molecule has 0 radical (unpaired) electrons. The number of hydrogen-bond donors (Lipinski definition) is 1. The molecule has 0 saturated heterocycles. The average Bonchev–Trinajstić information content (AvgIpc) is 3.21. The third-order valence-corrected chi connectivity index (χ3v) is 4.09. The molecular weight excluding hydrogens is 243 g/mol. The Balaban J connectivity index is 1.98. The summed E-state index contributed by atoms with van der Waals surface area (Å²) in [6.45, 7) is 2.97. The van der Waals surface area contributed by atoms with Gasteiger partial charge >= 0.3 is 0 Å². The van der Waals surface area contributed by atoms with Gasteiger partial charge in [-0.3, -0.25) is 0 Å². The van der Waals surface area contributed by atoms with Crippen molar-refractivity contribution in [1.29, 1.82) is 0 Å². The second kappa shape index (κ2) is 5.88. The summed E-state index contributed by atoms with van der Waals surface area (Å²) in [5.74, 6) is 0.716. The standard InChI is InChI=1S/C15H23FN2O/c1-10(11-4-5-11)18(2)9-14(17)12-6-7-15(19-3)13(16)8-12/h6-8,10-11,14H,4-5,9,17H2,1-3H3. The topological polar surface area (TPSA) is 38.5 Å². The van der Waals surface area contributed by atoms with Crippen LogP contribution in [0, 0.1) is 11.7 Å². The summed E-state index contributed by atoms with van der Waals surface area (Å²) >= 11 is 0. The van der Waals surface area contributed by atoms with Gasteiger partial charge in [-0.2, -0.15) is 0 Å². The second-order valence-electron chi connectivity index (χ2n) is 5.52. The van der Waals surface area contributed by atoms with E-state index in [1.807, 2.05) is 6.07 Å². The highest BCUT2D eigenvalue weighted by Gasteiger charge is 2.30. The van der Waals surface area contributed by atoms with Crippen molar-refractivity contribution in [1.82, 2.24) is 4.90 Å². The van der Waals surface area contributed by atoms with Gasteiger partial charge in [-0.1, -0.05) is 6.07 Å². The van der Waals surface area contributed by atoms with Crippen LogP contribution in [0.25, 0.3) is 0 Å². The molecule has 4 heteroatoms. The Kier molecular flexibility index (Phi) is 4.42. The fraction of sp³-hybridized carbons (Fsp3) is 0.600. The first kappa shape index (κ1) is 14.3. The zero-order valence-electron chi connectivity index (χ0n) is 11.9. The van der Waals surface area contributed by atoms with E-state index < -0.39 is 0 Å². The maximum atomic E-state index is 13.7. The minimum Gasteiger partial charge on any atom is -0.494 e. The lowest BCUT2D eigenvalue weighted by Crippen LogP contribution is -2.36. The molecule has 2 atom stereocenters. The van der Waals surface area contributed by atoms with Gasteiger partial charge in [-0.05, 0) is 50.4 Å². The lowest BCUT2D eigenvalue weighted by Gasteiger charge is -2.27. The second-order valence-corrected chi connectivity index (χ2v) is 5.52. The van der Waals surface area contributed by atoms with E-state index in [9.17, 15) is 4.39 Å². The van der Waals surface area contributed by atoms with Crippen molar-refractivity contribution in [3.8, 4) is 5.75 Å². The van der Waals surface area contributed by atoms with Gasteiger partial charge in [-0.25, -0.2) is 4.39 Å². The number of likely N-dealkylation sites (N-methyl/N-ethyl adjacent to an activating group) is 1. The van der Waals surface area contributed by atoms with Gasteiger partial charge in [0.25, 0.3) is 0 Å². The fourth-order valence-corrected chi connectivity index (χ4v) is 2.43. The minimum atomic E-state index is -0.353. The monoisotopic (exact) mass is 266 g/mol. The summed E-state index contributed by atoms with van der Waals surface area (Å²) in [6, 6.07) is 5.32. The van der Waals surface area contributed by atoms with Gasteiger partial charge in [0.15, 0.2) is 11.6 Å². The first-order chi connectivity index (χ1) is 9.02. The summed E-state index contributed by atoms with van der Waals surface area (Å²) in [5, 5.41) is 0. The molecule has 106 valence electrons. The molecular formula is C15H23FN2O. The molecule has 1 aromatic rings. The van der Waals surface area contributed by atoms with Crippen molar-refractivity contribution in [2.24, 2.45) is 11.7 Å². The minimum absolute atomic E-state index is 0.174. The molecule has 19 heavy (non-hydrogen) atoms. The van der Waals surface area contributed by atoms with E-state index in [1.165, 1.54) is 26.0 Å². The molecule has 0 aromatic heterocycles. The van der Waals surface area contributed by atoms with Crippen LogP contribution in [0.1, 0.15) is 31.4 Å². The molecule has 0 spiro atoms. The molecule has 2 unspecified atom stereocenters. The van der Waals surface area contributed by atoms with E-state index in [1.54, 1.807) is 6.07 Å². The van der Waals surface area contributed by atoms with Crippen LogP contribution >= 0.6 is 0 Å². The Labute approximate surface area is 114 Å². The Bertz CT molecular complexity index is 434. The van der Waals surface area contributed by atoms with Crippen molar-refractivity contribution >= 4 is 0 Å². The van der Waals surface area contributed by atoms with E-state index in [0.29, 0.717) is 6.04 Å². The van der Waals surface area contributed by atoms with Crippen LogP contribution in [0.2, 0.25) is 0 Å². The molecule has 2 rings (SSSR count). The Hall–Kier alpha value is -1.13. The molecule has 1 aromatic carbocycles. The van der Waals surface area contributed by atoms with E-state index in [-0.39, 0.29) is 17.6 Å². The van der Waals surface area contributed by atoms with Gasteiger partial charge in [0.05, 0.1) is 7.11 Å². The number of methoxy groups -OCH3 is 1. The molecule has 1 fully saturated rings. The first-order valence-corrected chi connectivity index (χ1v) is 6.82. The highest BCUT2D eigenvalue weighted by atomic mass is 19.1. The molecule has 1 aliphatic rings. The molecule has 0 amide bonds. The van der Waals surface area contributed by atoms with E-state index in [2.05, 4.69) is 18.9 Å². The Morgan fingerprint density at radius 3 is 2.68 bits per heavy atom. The summed E-state index contributed by atoms with van der Waals surface area (Å²) < 4.78 is 18.6. The van der Waals surface area contributed by atoms with Gasteiger partial charge in [0, 0.05) is 18.6 Å². The average molecular weight is 266 g/mol. The predicted octanol–water partition coefficient (Wildman–Crippen LogP) is 2.56. The zero-order chi connectivity index (χ0) is 14.0.